The minimum atomic E-state index is -3.92. The molecule has 0 N–H and O–H groups in total. The van der Waals surface area contributed by atoms with E-state index in [-0.39, 0.29) is 11.2 Å². The Hall–Kier alpha value is -1.11. The van der Waals surface area contributed by atoms with Crippen molar-refractivity contribution in [2.45, 2.75) is 31.0 Å². The highest BCUT2D eigenvalue weighted by Crippen LogP contribution is 2.41. The summed E-state index contributed by atoms with van der Waals surface area (Å²) in [4.78, 5) is 0. The van der Waals surface area contributed by atoms with Crippen LogP contribution in [-0.4, -0.2) is 23.2 Å². The van der Waals surface area contributed by atoms with Gasteiger partial charge in [-0.25, -0.2) is 8.42 Å². The molecule has 1 aromatic heterocycles. The van der Waals surface area contributed by atoms with Crippen molar-refractivity contribution in [1.82, 2.24) is 14.8 Å². The summed E-state index contributed by atoms with van der Waals surface area (Å²) in [6.45, 7) is 1.91. The predicted octanol–water partition coefficient (Wildman–Crippen LogP) is 3.17. The fraction of sp³-hybridized carbons (Fsp3) is 0.333. The lowest BCUT2D eigenvalue weighted by Gasteiger charge is -2.09. The van der Waals surface area contributed by atoms with Crippen molar-refractivity contribution in [1.29, 1.82) is 0 Å². The Morgan fingerprint density at radius 3 is 2.60 bits per heavy atom. The summed E-state index contributed by atoms with van der Waals surface area (Å²) in [5.74, 6) is 0.492. The Morgan fingerprint density at radius 1 is 1.30 bits per heavy atom. The van der Waals surface area contributed by atoms with Crippen LogP contribution in [0.3, 0.4) is 0 Å². The maximum absolute atomic E-state index is 11.6. The molecule has 1 heterocycles. The fourth-order valence-corrected chi connectivity index (χ4v) is 3.22. The van der Waals surface area contributed by atoms with Crippen LogP contribution in [0.5, 0.6) is 0 Å². The number of hydrogen-bond donors (Lipinski definition) is 0. The monoisotopic (exact) mass is 331 g/mol. The summed E-state index contributed by atoms with van der Waals surface area (Å²) in [6, 6.07) is 5.47. The molecule has 1 fully saturated rings. The number of rotatable bonds is 3. The SMILES string of the molecule is Cc1ccc(Cl)cc1-c1nnc(S(=O)(=O)Cl)n1C1CC1. The fourth-order valence-electron chi connectivity index (χ4n) is 2.12. The quantitative estimate of drug-likeness (QED) is 0.810. The predicted molar refractivity (Wildman–Crippen MR) is 76.5 cm³/mol. The number of hydrogen-bond acceptors (Lipinski definition) is 4. The third-order valence-corrected chi connectivity index (χ3v) is 4.60. The zero-order valence-electron chi connectivity index (χ0n) is 10.5. The van der Waals surface area contributed by atoms with Crippen LogP contribution in [0.15, 0.2) is 23.4 Å². The van der Waals surface area contributed by atoms with Crippen LogP contribution < -0.4 is 0 Å². The average Bonchev–Trinajstić information content (AvgIpc) is 3.09. The Morgan fingerprint density at radius 2 is 2.00 bits per heavy atom. The topological polar surface area (TPSA) is 64.8 Å². The van der Waals surface area contributed by atoms with Crippen molar-refractivity contribution in [3.05, 3.63) is 28.8 Å². The molecule has 8 heteroatoms. The minimum Gasteiger partial charge on any atom is -0.294 e. The number of benzene rings is 1. The van der Waals surface area contributed by atoms with Gasteiger partial charge >= 0.3 is 0 Å². The van der Waals surface area contributed by atoms with Gasteiger partial charge in [0, 0.05) is 27.3 Å². The van der Waals surface area contributed by atoms with E-state index in [0.29, 0.717) is 10.8 Å². The Kier molecular flexibility index (Phi) is 3.27. The molecule has 0 spiro atoms. The van der Waals surface area contributed by atoms with Crippen molar-refractivity contribution >= 4 is 31.3 Å². The van der Waals surface area contributed by atoms with Crippen molar-refractivity contribution in [3.63, 3.8) is 0 Å². The molecule has 0 aliphatic heterocycles. The largest absolute Gasteiger partial charge is 0.296 e. The molecule has 1 aliphatic rings. The smallest absolute Gasteiger partial charge is 0.294 e. The van der Waals surface area contributed by atoms with Gasteiger partial charge < -0.3 is 0 Å². The van der Waals surface area contributed by atoms with E-state index >= 15 is 0 Å². The van der Waals surface area contributed by atoms with Crippen LogP contribution in [0.2, 0.25) is 5.02 Å². The van der Waals surface area contributed by atoms with E-state index in [0.717, 1.165) is 24.0 Å². The van der Waals surface area contributed by atoms with Gasteiger partial charge in [0.05, 0.1) is 0 Å². The van der Waals surface area contributed by atoms with Crippen LogP contribution in [0.25, 0.3) is 11.4 Å². The first kappa shape index (κ1) is 13.9. The second-order valence-corrected chi connectivity index (χ2v) is 7.70. The first-order chi connectivity index (χ1) is 9.38. The van der Waals surface area contributed by atoms with E-state index in [1.165, 1.54) is 0 Å². The zero-order valence-corrected chi connectivity index (χ0v) is 12.9. The lowest BCUT2D eigenvalue weighted by Crippen LogP contribution is -2.06. The number of aryl methyl sites for hydroxylation is 1. The molecule has 1 aromatic carbocycles. The molecule has 0 atom stereocenters. The molecule has 2 aromatic rings. The summed E-state index contributed by atoms with van der Waals surface area (Å²) in [6.07, 6.45) is 1.79. The van der Waals surface area contributed by atoms with Gasteiger partial charge in [0.1, 0.15) is 0 Å². The van der Waals surface area contributed by atoms with E-state index in [1.54, 1.807) is 16.7 Å². The maximum Gasteiger partial charge on any atom is 0.296 e. The summed E-state index contributed by atoms with van der Waals surface area (Å²) in [7, 11) is 1.51. The van der Waals surface area contributed by atoms with Crippen LogP contribution in [0.4, 0.5) is 0 Å². The van der Waals surface area contributed by atoms with Crippen molar-refractivity contribution < 1.29 is 8.42 Å². The highest BCUT2D eigenvalue weighted by Gasteiger charge is 2.34. The van der Waals surface area contributed by atoms with Crippen LogP contribution in [-0.2, 0) is 9.05 Å². The van der Waals surface area contributed by atoms with E-state index < -0.39 is 9.05 Å². The van der Waals surface area contributed by atoms with E-state index in [1.807, 2.05) is 13.0 Å². The van der Waals surface area contributed by atoms with Gasteiger partial charge in [-0.15, -0.1) is 10.2 Å². The lowest BCUT2D eigenvalue weighted by molar-refractivity contribution is 0.579. The van der Waals surface area contributed by atoms with E-state index in [2.05, 4.69) is 10.2 Å². The van der Waals surface area contributed by atoms with E-state index in [9.17, 15) is 8.42 Å². The average molecular weight is 332 g/mol. The Labute approximate surface area is 126 Å². The molecule has 0 unspecified atom stereocenters. The first-order valence-corrected chi connectivity index (χ1v) is 8.73. The molecule has 0 saturated heterocycles. The second kappa shape index (κ2) is 4.72. The lowest BCUT2D eigenvalue weighted by atomic mass is 10.1. The standard InChI is InChI=1S/C12H11Cl2N3O2S/c1-7-2-3-8(13)6-10(7)11-15-16-12(20(14,18)19)17(11)9-4-5-9/h2-3,6,9H,4-5H2,1H3. The van der Waals surface area contributed by atoms with Gasteiger partial charge in [-0.3, -0.25) is 4.57 Å². The zero-order chi connectivity index (χ0) is 14.5. The highest BCUT2D eigenvalue weighted by atomic mass is 35.7. The molecule has 0 bridgehead atoms. The van der Waals surface area contributed by atoms with Gasteiger partial charge in [0.25, 0.3) is 14.2 Å². The molecule has 106 valence electrons. The summed E-state index contributed by atoms with van der Waals surface area (Å²) in [5.41, 5.74) is 1.71. The number of aromatic nitrogens is 3. The number of halogens is 2. The first-order valence-electron chi connectivity index (χ1n) is 6.04. The van der Waals surface area contributed by atoms with E-state index in [4.69, 9.17) is 22.3 Å². The van der Waals surface area contributed by atoms with Gasteiger partial charge in [-0.05, 0) is 37.5 Å². The Bertz CT molecular complexity index is 782. The maximum atomic E-state index is 11.6. The van der Waals surface area contributed by atoms with Crippen molar-refractivity contribution in [2.75, 3.05) is 0 Å². The van der Waals surface area contributed by atoms with Crippen LogP contribution >= 0.6 is 22.3 Å². The molecule has 5 nitrogen and oxygen atoms in total. The van der Waals surface area contributed by atoms with Crippen molar-refractivity contribution in [3.8, 4) is 11.4 Å². The molecule has 1 saturated carbocycles. The van der Waals surface area contributed by atoms with Crippen LogP contribution in [0.1, 0.15) is 24.4 Å². The molecule has 20 heavy (non-hydrogen) atoms. The molecular formula is C12H11Cl2N3O2S. The summed E-state index contributed by atoms with van der Waals surface area (Å²) in [5, 5.41) is 8.12. The third kappa shape index (κ3) is 2.43. The molecule has 0 amide bonds. The summed E-state index contributed by atoms with van der Waals surface area (Å²) < 4.78 is 24.8. The van der Waals surface area contributed by atoms with Gasteiger partial charge in [-0.1, -0.05) is 17.7 Å². The Balaban J connectivity index is 2.25. The van der Waals surface area contributed by atoms with Crippen molar-refractivity contribution in [2.24, 2.45) is 0 Å². The molecule has 3 rings (SSSR count). The van der Waals surface area contributed by atoms with Gasteiger partial charge in [0.15, 0.2) is 5.82 Å². The number of nitrogens with zero attached hydrogens (tertiary/aromatic N) is 3. The third-order valence-electron chi connectivity index (χ3n) is 3.24. The summed E-state index contributed by atoms with van der Waals surface area (Å²) >= 11 is 6.01. The normalized spacial score (nSPS) is 15.6. The minimum absolute atomic E-state index is 0.0851. The van der Waals surface area contributed by atoms with Gasteiger partial charge in [-0.2, -0.15) is 0 Å². The molecule has 0 radical (unpaired) electrons. The molecular weight excluding hydrogens is 321 g/mol. The van der Waals surface area contributed by atoms with Crippen LogP contribution in [0, 0.1) is 6.92 Å². The highest BCUT2D eigenvalue weighted by molar-refractivity contribution is 8.13. The van der Waals surface area contributed by atoms with Gasteiger partial charge in [0.2, 0.25) is 0 Å². The molecule has 1 aliphatic carbocycles. The second-order valence-electron chi connectivity index (χ2n) is 4.80.